The Hall–Kier alpha value is -3.24. The van der Waals surface area contributed by atoms with Crippen molar-refractivity contribution < 1.29 is 14.5 Å². The lowest BCUT2D eigenvalue weighted by molar-refractivity contribution is -0.384. The number of nitro groups is 1. The molecule has 1 N–H and O–H groups in total. The number of nitro benzene ring substituents is 1. The maximum Gasteiger partial charge on any atom is 0.269 e. The number of non-ortho nitro benzene ring substituents is 1. The second kappa shape index (κ2) is 10.1. The molecule has 33 heavy (non-hydrogen) atoms. The number of nitrogens with zero attached hydrogens (tertiary/aromatic N) is 4. The summed E-state index contributed by atoms with van der Waals surface area (Å²) >= 11 is 1.32. The average molecular weight is 468 g/mol. The van der Waals surface area contributed by atoms with Crippen molar-refractivity contribution >= 4 is 29.0 Å². The SMILES string of the molecule is Cc1ccccc1NC(=O)C(C)Sc1nnc(-c2ccc([N+](=O)[O-])cc2)n1CC1CCCO1. The molecule has 1 aromatic heterocycles. The lowest BCUT2D eigenvalue weighted by Crippen LogP contribution is -2.24. The Bertz CT molecular complexity index is 1140. The molecule has 2 atom stereocenters. The van der Waals surface area contributed by atoms with Crippen LogP contribution in [0.25, 0.3) is 11.4 Å². The fourth-order valence-electron chi connectivity index (χ4n) is 3.64. The van der Waals surface area contributed by atoms with E-state index in [-0.39, 0.29) is 17.7 Å². The summed E-state index contributed by atoms with van der Waals surface area (Å²) in [4.78, 5) is 23.4. The van der Waals surface area contributed by atoms with Crippen molar-refractivity contribution in [3.63, 3.8) is 0 Å². The van der Waals surface area contributed by atoms with Crippen LogP contribution in [0, 0.1) is 17.0 Å². The topological polar surface area (TPSA) is 112 Å². The minimum absolute atomic E-state index is 0.0139. The van der Waals surface area contributed by atoms with E-state index >= 15 is 0 Å². The van der Waals surface area contributed by atoms with Crippen LogP contribution in [0.5, 0.6) is 0 Å². The van der Waals surface area contributed by atoms with Crippen LogP contribution in [0.2, 0.25) is 0 Å². The standard InChI is InChI=1S/C23H25N5O4S/c1-15-6-3-4-8-20(15)24-22(29)16(2)33-23-26-25-21(27(23)14-19-7-5-13-32-19)17-9-11-18(12-10-17)28(30)31/h3-4,6,8-12,16,19H,5,7,13-14H2,1-2H3,(H,24,29). The molecule has 2 unspecified atom stereocenters. The van der Waals surface area contributed by atoms with Crippen LogP contribution in [-0.4, -0.2) is 43.6 Å². The van der Waals surface area contributed by atoms with E-state index in [4.69, 9.17) is 4.74 Å². The molecule has 172 valence electrons. The van der Waals surface area contributed by atoms with Crippen LogP contribution >= 0.6 is 11.8 Å². The third-order valence-electron chi connectivity index (χ3n) is 5.52. The summed E-state index contributed by atoms with van der Waals surface area (Å²) in [6.07, 6.45) is 1.97. The maximum absolute atomic E-state index is 12.8. The predicted molar refractivity (Wildman–Crippen MR) is 126 cm³/mol. The number of thioether (sulfide) groups is 1. The highest BCUT2D eigenvalue weighted by atomic mass is 32.2. The van der Waals surface area contributed by atoms with Gasteiger partial charge in [0.25, 0.3) is 5.69 Å². The molecule has 2 aromatic carbocycles. The number of para-hydroxylation sites is 1. The fourth-order valence-corrected chi connectivity index (χ4v) is 4.50. The molecule has 3 aromatic rings. The molecule has 1 aliphatic rings. The van der Waals surface area contributed by atoms with Gasteiger partial charge in [-0.2, -0.15) is 0 Å². The van der Waals surface area contributed by atoms with Crippen LogP contribution in [0.1, 0.15) is 25.3 Å². The zero-order valence-electron chi connectivity index (χ0n) is 18.4. The summed E-state index contributed by atoms with van der Waals surface area (Å²) in [5.74, 6) is 0.465. The Morgan fingerprint density at radius 3 is 2.70 bits per heavy atom. The summed E-state index contributed by atoms with van der Waals surface area (Å²) in [5, 5.41) is 22.9. The predicted octanol–water partition coefficient (Wildman–Crippen LogP) is 4.46. The van der Waals surface area contributed by atoms with Gasteiger partial charge in [0.15, 0.2) is 11.0 Å². The van der Waals surface area contributed by atoms with Gasteiger partial charge in [-0.05, 0) is 50.5 Å². The fraction of sp³-hybridized carbons (Fsp3) is 0.348. The smallest absolute Gasteiger partial charge is 0.269 e. The molecule has 2 heterocycles. The minimum Gasteiger partial charge on any atom is -0.376 e. The molecule has 10 heteroatoms. The maximum atomic E-state index is 12.8. The third-order valence-corrected chi connectivity index (χ3v) is 6.60. The first-order valence-corrected chi connectivity index (χ1v) is 11.6. The van der Waals surface area contributed by atoms with E-state index in [0.717, 1.165) is 36.3 Å². The number of carbonyl (C=O) groups is 1. The molecular weight excluding hydrogens is 442 g/mol. The van der Waals surface area contributed by atoms with Crippen LogP contribution in [-0.2, 0) is 16.1 Å². The van der Waals surface area contributed by atoms with Crippen LogP contribution in [0.3, 0.4) is 0 Å². The normalized spacial score (nSPS) is 16.5. The van der Waals surface area contributed by atoms with Crippen molar-refractivity contribution in [2.45, 2.75) is 49.7 Å². The summed E-state index contributed by atoms with van der Waals surface area (Å²) < 4.78 is 7.76. The lowest BCUT2D eigenvalue weighted by atomic mass is 10.2. The Morgan fingerprint density at radius 1 is 1.27 bits per heavy atom. The number of ether oxygens (including phenoxy) is 1. The average Bonchev–Trinajstić information content (AvgIpc) is 3.46. The molecule has 1 saturated heterocycles. The monoisotopic (exact) mass is 467 g/mol. The zero-order valence-corrected chi connectivity index (χ0v) is 19.2. The number of anilines is 1. The highest BCUT2D eigenvalue weighted by Crippen LogP contribution is 2.30. The Balaban J connectivity index is 1.57. The third kappa shape index (κ3) is 5.40. The number of amides is 1. The Kier molecular flexibility index (Phi) is 7.05. The largest absolute Gasteiger partial charge is 0.376 e. The molecular formula is C23H25N5O4S. The van der Waals surface area contributed by atoms with E-state index in [2.05, 4.69) is 15.5 Å². The highest BCUT2D eigenvalue weighted by Gasteiger charge is 2.25. The molecule has 0 spiro atoms. The summed E-state index contributed by atoms with van der Waals surface area (Å²) in [6.45, 7) is 5.04. The first-order chi connectivity index (χ1) is 15.9. The number of aryl methyl sites for hydroxylation is 1. The van der Waals surface area contributed by atoms with Gasteiger partial charge in [-0.1, -0.05) is 30.0 Å². The second-order valence-electron chi connectivity index (χ2n) is 7.92. The summed E-state index contributed by atoms with van der Waals surface area (Å²) in [5.41, 5.74) is 2.50. The summed E-state index contributed by atoms with van der Waals surface area (Å²) in [7, 11) is 0. The van der Waals surface area contributed by atoms with Crippen molar-refractivity contribution in [3.8, 4) is 11.4 Å². The van der Waals surface area contributed by atoms with Crippen LogP contribution in [0.15, 0.2) is 53.7 Å². The molecule has 1 fully saturated rings. The van der Waals surface area contributed by atoms with Gasteiger partial charge < -0.3 is 10.1 Å². The van der Waals surface area contributed by atoms with Gasteiger partial charge in [-0.3, -0.25) is 19.5 Å². The molecule has 1 aliphatic heterocycles. The number of nitrogens with one attached hydrogen (secondary N) is 1. The first-order valence-electron chi connectivity index (χ1n) is 10.7. The van der Waals surface area contributed by atoms with Gasteiger partial charge in [0, 0.05) is 30.0 Å². The van der Waals surface area contributed by atoms with Gasteiger partial charge in [0.2, 0.25) is 5.91 Å². The van der Waals surface area contributed by atoms with Gasteiger partial charge in [0.05, 0.1) is 22.8 Å². The molecule has 1 amide bonds. The second-order valence-corrected chi connectivity index (χ2v) is 9.23. The Labute approximate surface area is 195 Å². The van der Waals surface area contributed by atoms with E-state index in [1.165, 1.54) is 23.9 Å². The summed E-state index contributed by atoms with van der Waals surface area (Å²) in [6, 6.07) is 13.9. The van der Waals surface area contributed by atoms with Crippen molar-refractivity contribution in [2.24, 2.45) is 0 Å². The van der Waals surface area contributed by atoms with Gasteiger partial charge in [-0.25, -0.2) is 0 Å². The minimum atomic E-state index is -0.434. The van der Waals surface area contributed by atoms with Crippen molar-refractivity contribution in [1.82, 2.24) is 14.8 Å². The van der Waals surface area contributed by atoms with Crippen LogP contribution in [0.4, 0.5) is 11.4 Å². The van der Waals surface area contributed by atoms with E-state index in [1.54, 1.807) is 12.1 Å². The van der Waals surface area contributed by atoms with E-state index in [9.17, 15) is 14.9 Å². The van der Waals surface area contributed by atoms with E-state index in [1.807, 2.05) is 42.7 Å². The number of hydrogen-bond acceptors (Lipinski definition) is 7. The molecule has 0 radical (unpaired) electrons. The van der Waals surface area contributed by atoms with Crippen molar-refractivity contribution in [3.05, 3.63) is 64.2 Å². The molecule has 4 rings (SSSR count). The zero-order chi connectivity index (χ0) is 23.4. The molecule has 0 saturated carbocycles. The van der Waals surface area contributed by atoms with Gasteiger partial charge >= 0.3 is 0 Å². The van der Waals surface area contributed by atoms with Crippen molar-refractivity contribution in [1.29, 1.82) is 0 Å². The highest BCUT2D eigenvalue weighted by molar-refractivity contribution is 8.00. The molecule has 9 nitrogen and oxygen atoms in total. The number of benzene rings is 2. The van der Waals surface area contributed by atoms with Crippen LogP contribution < -0.4 is 5.32 Å². The van der Waals surface area contributed by atoms with Gasteiger partial charge in [0.1, 0.15) is 0 Å². The quantitative estimate of drug-likeness (QED) is 0.296. The van der Waals surface area contributed by atoms with E-state index < -0.39 is 10.2 Å². The number of carbonyl (C=O) groups excluding carboxylic acids is 1. The number of rotatable bonds is 8. The number of aromatic nitrogens is 3. The lowest BCUT2D eigenvalue weighted by Gasteiger charge is -2.17. The number of hydrogen-bond donors (Lipinski definition) is 1. The van der Waals surface area contributed by atoms with Gasteiger partial charge in [-0.15, -0.1) is 10.2 Å². The van der Waals surface area contributed by atoms with E-state index in [0.29, 0.717) is 17.5 Å². The Morgan fingerprint density at radius 2 is 2.03 bits per heavy atom. The molecule has 0 aliphatic carbocycles. The molecule has 0 bridgehead atoms. The first kappa shape index (κ1) is 22.9. The van der Waals surface area contributed by atoms with Crippen molar-refractivity contribution in [2.75, 3.05) is 11.9 Å².